The second kappa shape index (κ2) is 4.59. The third-order valence-electron chi connectivity index (χ3n) is 1.69. The normalized spacial score (nSPS) is 9.80. The van der Waals surface area contributed by atoms with E-state index >= 15 is 0 Å². The number of hydrogen-bond acceptors (Lipinski definition) is 5. The smallest absolute Gasteiger partial charge is 0.345 e. The van der Waals surface area contributed by atoms with Gasteiger partial charge in [-0.15, -0.1) is 5.10 Å². The van der Waals surface area contributed by atoms with E-state index in [0.717, 1.165) is 4.68 Å². The molecular formula is C9H12N2O4. The van der Waals surface area contributed by atoms with Crippen molar-refractivity contribution >= 4 is 11.9 Å². The highest BCUT2D eigenvalue weighted by Crippen LogP contribution is 2.16. The van der Waals surface area contributed by atoms with Gasteiger partial charge in [0, 0.05) is 6.92 Å². The lowest BCUT2D eigenvalue weighted by molar-refractivity contribution is 0.0522. The number of carbonyl (C=O) groups is 2. The molecule has 0 aliphatic carbocycles. The Kier molecular flexibility index (Phi) is 3.43. The SMILES string of the molecule is CCOC(=O)c1cn(C(C)=O)nc1OC. The first-order valence-electron chi connectivity index (χ1n) is 4.41. The monoisotopic (exact) mass is 212 g/mol. The van der Waals surface area contributed by atoms with Crippen LogP contribution in [0, 0.1) is 0 Å². The van der Waals surface area contributed by atoms with Crippen LogP contribution in [-0.2, 0) is 4.74 Å². The van der Waals surface area contributed by atoms with Gasteiger partial charge in [0.05, 0.1) is 19.9 Å². The molecule has 0 N–H and O–H groups in total. The largest absolute Gasteiger partial charge is 0.479 e. The van der Waals surface area contributed by atoms with Crippen molar-refractivity contribution in [1.29, 1.82) is 0 Å². The molecular weight excluding hydrogens is 200 g/mol. The van der Waals surface area contributed by atoms with Gasteiger partial charge >= 0.3 is 5.97 Å². The number of hydrogen-bond donors (Lipinski definition) is 0. The number of aromatic nitrogens is 2. The molecule has 0 atom stereocenters. The summed E-state index contributed by atoms with van der Waals surface area (Å²) in [5.74, 6) is -0.769. The molecule has 1 heterocycles. The molecule has 0 spiro atoms. The van der Waals surface area contributed by atoms with E-state index in [9.17, 15) is 9.59 Å². The molecule has 82 valence electrons. The maximum Gasteiger partial charge on any atom is 0.345 e. The highest BCUT2D eigenvalue weighted by atomic mass is 16.5. The fourth-order valence-electron chi connectivity index (χ4n) is 1.02. The maximum absolute atomic E-state index is 11.4. The Morgan fingerprint density at radius 2 is 2.20 bits per heavy atom. The summed E-state index contributed by atoms with van der Waals surface area (Å²) in [6.07, 6.45) is 1.29. The van der Waals surface area contributed by atoms with E-state index in [2.05, 4.69) is 5.10 Å². The average molecular weight is 212 g/mol. The first-order valence-corrected chi connectivity index (χ1v) is 4.41. The number of methoxy groups -OCH3 is 1. The van der Waals surface area contributed by atoms with Gasteiger partial charge in [-0.25, -0.2) is 9.48 Å². The van der Waals surface area contributed by atoms with Gasteiger partial charge in [0.15, 0.2) is 0 Å². The molecule has 0 bridgehead atoms. The molecule has 0 unspecified atom stereocenters. The van der Waals surface area contributed by atoms with E-state index in [1.54, 1.807) is 6.92 Å². The van der Waals surface area contributed by atoms with Crippen LogP contribution in [0.4, 0.5) is 0 Å². The number of ether oxygens (including phenoxy) is 2. The summed E-state index contributed by atoms with van der Waals surface area (Å²) >= 11 is 0. The fraction of sp³-hybridized carbons (Fsp3) is 0.444. The Hall–Kier alpha value is -1.85. The molecule has 1 aromatic rings. The van der Waals surface area contributed by atoms with Crippen molar-refractivity contribution in [2.75, 3.05) is 13.7 Å². The molecule has 6 nitrogen and oxygen atoms in total. The predicted molar refractivity (Wildman–Crippen MR) is 51.0 cm³/mol. The van der Waals surface area contributed by atoms with E-state index in [1.807, 2.05) is 0 Å². The minimum atomic E-state index is -0.554. The van der Waals surface area contributed by atoms with E-state index in [1.165, 1.54) is 20.2 Å². The lowest BCUT2D eigenvalue weighted by Gasteiger charge is -1.99. The van der Waals surface area contributed by atoms with Crippen molar-refractivity contribution in [2.24, 2.45) is 0 Å². The molecule has 0 amide bonds. The zero-order valence-electron chi connectivity index (χ0n) is 8.81. The number of nitrogens with zero attached hydrogens (tertiary/aromatic N) is 2. The molecule has 6 heteroatoms. The third-order valence-corrected chi connectivity index (χ3v) is 1.69. The Morgan fingerprint density at radius 1 is 1.53 bits per heavy atom. The second-order valence-corrected chi connectivity index (χ2v) is 2.74. The quantitative estimate of drug-likeness (QED) is 0.691. The summed E-state index contributed by atoms with van der Waals surface area (Å²) < 4.78 is 10.7. The van der Waals surface area contributed by atoms with Gasteiger partial charge in [-0.2, -0.15) is 0 Å². The van der Waals surface area contributed by atoms with Gasteiger partial charge < -0.3 is 9.47 Å². The maximum atomic E-state index is 11.4. The molecule has 1 aromatic heterocycles. The predicted octanol–water partition coefficient (Wildman–Crippen LogP) is 0.729. The summed E-state index contributed by atoms with van der Waals surface area (Å²) in [5, 5.41) is 3.78. The van der Waals surface area contributed by atoms with Crippen LogP contribution in [0.2, 0.25) is 0 Å². The van der Waals surface area contributed by atoms with Gasteiger partial charge in [-0.1, -0.05) is 0 Å². The summed E-state index contributed by atoms with van der Waals surface area (Å²) in [5.41, 5.74) is 0.148. The first kappa shape index (κ1) is 11.2. The van der Waals surface area contributed by atoms with Crippen LogP contribution < -0.4 is 4.74 Å². The van der Waals surface area contributed by atoms with Crippen LogP contribution >= 0.6 is 0 Å². The highest BCUT2D eigenvalue weighted by molar-refractivity contribution is 5.92. The molecule has 0 saturated heterocycles. The molecule has 0 saturated carbocycles. The number of esters is 1. The molecule has 0 aliphatic heterocycles. The molecule has 0 aliphatic rings. The molecule has 0 radical (unpaired) electrons. The average Bonchev–Trinajstić information content (AvgIpc) is 2.61. The summed E-state index contributed by atoms with van der Waals surface area (Å²) in [4.78, 5) is 22.4. The number of carbonyl (C=O) groups excluding carboxylic acids is 2. The highest BCUT2D eigenvalue weighted by Gasteiger charge is 2.19. The summed E-state index contributed by atoms with van der Waals surface area (Å²) in [7, 11) is 1.37. The van der Waals surface area contributed by atoms with Gasteiger partial charge in [0.1, 0.15) is 5.56 Å². The molecule has 15 heavy (non-hydrogen) atoms. The Labute approximate surface area is 86.8 Å². The van der Waals surface area contributed by atoms with E-state index in [4.69, 9.17) is 9.47 Å². The standard InChI is InChI=1S/C9H12N2O4/c1-4-15-9(13)7-5-11(6(2)12)10-8(7)14-3/h5H,4H2,1-3H3. The van der Waals surface area contributed by atoms with Gasteiger partial charge in [-0.3, -0.25) is 4.79 Å². The minimum Gasteiger partial charge on any atom is -0.479 e. The van der Waals surface area contributed by atoms with Crippen molar-refractivity contribution in [1.82, 2.24) is 9.78 Å². The van der Waals surface area contributed by atoms with Crippen molar-refractivity contribution in [2.45, 2.75) is 13.8 Å². The molecule has 1 rings (SSSR count). The minimum absolute atomic E-state index is 0.0867. The lowest BCUT2D eigenvalue weighted by atomic mass is 10.3. The Balaban J connectivity index is 3.05. The number of rotatable bonds is 3. The summed E-state index contributed by atoms with van der Waals surface area (Å²) in [6, 6.07) is 0. The van der Waals surface area contributed by atoms with Crippen LogP contribution in [0.15, 0.2) is 6.20 Å². The third kappa shape index (κ3) is 2.34. The Bertz CT molecular complexity index is 383. The van der Waals surface area contributed by atoms with Crippen molar-refractivity contribution < 1.29 is 19.1 Å². The fourth-order valence-corrected chi connectivity index (χ4v) is 1.02. The van der Waals surface area contributed by atoms with Crippen LogP contribution in [0.25, 0.3) is 0 Å². The zero-order chi connectivity index (χ0) is 11.4. The summed E-state index contributed by atoms with van der Waals surface area (Å²) in [6.45, 7) is 3.29. The van der Waals surface area contributed by atoms with Crippen molar-refractivity contribution in [3.8, 4) is 5.88 Å². The molecule has 0 aromatic carbocycles. The van der Waals surface area contributed by atoms with Crippen LogP contribution in [0.1, 0.15) is 29.0 Å². The lowest BCUT2D eigenvalue weighted by Crippen LogP contribution is -2.06. The first-order chi connectivity index (χ1) is 7.10. The molecule has 0 fully saturated rings. The van der Waals surface area contributed by atoms with Crippen molar-refractivity contribution in [3.05, 3.63) is 11.8 Å². The Morgan fingerprint density at radius 3 is 2.67 bits per heavy atom. The van der Waals surface area contributed by atoms with E-state index in [0.29, 0.717) is 0 Å². The van der Waals surface area contributed by atoms with Gasteiger partial charge in [-0.05, 0) is 6.92 Å². The zero-order valence-corrected chi connectivity index (χ0v) is 8.81. The van der Waals surface area contributed by atoms with E-state index < -0.39 is 5.97 Å². The van der Waals surface area contributed by atoms with Gasteiger partial charge in [0.25, 0.3) is 0 Å². The van der Waals surface area contributed by atoms with Crippen LogP contribution in [0.3, 0.4) is 0 Å². The van der Waals surface area contributed by atoms with E-state index in [-0.39, 0.29) is 24.0 Å². The van der Waals surface area contributed by atoms with Crippen molar-refractivity contribution in [3.63, 3.8) is 0 Å². The topological polar surface area (TPSA) is 70.4 Å². The van der Waals surface area contributed by atoms with Crippen LogP contribution in [-0.4, -0.2) is 35.4 Å². The second-order valence-electron chi connectivity index (χ2n) is 2.74. The van der Waals surface area contributed by atoms with Gasteiger partial charge in [0.2, 0.25) is 11.8 Å². The van der Waals surface area contributed by atoms with Crippen LogP contribution in [0.5, 0.6) is 5.88 Å².